The number of hydrogen-bond donors (Lipinski definition) is 1. The van der Waals surface area contributed by atoms with E-state index in [9.17, 15) is 0 Å². The second kappa shape index (κ2) is 10.1. The maximum absolute atomic E-state index is 3.47. The Hall–Kier alpha value is -0.120. The van der Waals surface area contributed by atoms with Gasteiger partial charge in [-0.25, -0.2) is 0 Å². The minimum Gasteiger partial charge on any atom is -0.313 e. The Kier molecular flexibility index (Phi) is 9.99. The smallest absolute Gasteiger partial charge is 0.0110 e. The highest BCUT2D eigenvalue weighted by Crippen LogP contribution is 1.92. The average molecular weight is 229 g/mol. The Morgan fingerprint density at radius 2 is 1.31 bits per heavy atom. The van der Waals surface area contributed by atoms with Crippen molar-refractivity contribution in [3.63, 3.8) is 0 Å². The first-order valence-electron chi connectivity index (χ1n) is 6.82. The zero-order valence-electron chi connectivity index (χ0n) is 11.9. The summed E-state index contributed by atoms with van der Waals surface area (Å²) in [5.74, 6) is 0. The summed E-state index contributed by atoms with van der Waals surface area (Å²) >= 11 is 0. The molecule has 0 aromatic heterocycles. The molecule has 3 heteroatoms. The summed E-state index contributed by atoms with van der Waals surface area (Å²) in [7, 11) is 0. The highest BCUT2D eigenvalue weighted by Gasteiger charge is 2.05. The third-order valence-electron chi connectivity index (χ3n) is 3.05. The van der Waals surface area contributed by atoms with Crippen LogP contribution in [0, 0.1) is 0 Å². The van der Waals surface area contributed by atoms with Gasteiger partial charge in [-0.1, -0.05) is 34.6 Å². The highest BCUT2D eigenvalue weighted by molar-refractivity contribution is 4.63. The Balaban J connectivity index is 3.65. The monoisotopic (exact) mass is 229 g/mol. The molecule has 0 aliphatic rings. The summed E-state index contributed by atoms with van der Waals surface area (Å²) in [6.45, 7) is 19.3. The van der Waals surface area contributed by atoms with Crippen LogP contribution >= 0.6 is 0 Å². The predicted molar refractivity (Wildman–Crippen MR) is 73.0 cm³/mol. The predicted octanol–water partition coefficient (Wildman–Crippen LogP) is 1.65. The molecule has 0 amide bonds. The maximum Gasteiger partial charge on any atom is 0.0110 e. The molecule has 0 aliphatic heterocycles. The quantitative estimate of drug-likeness (QED) is 0.614. The highest BCUT2D eigenvalue weighted by atomic mass is 15.2. The molecule has 0 spiro atoms. The molecule has 0 bridgehead atoms. The van der Waals surface area contributed by atoms with E-state index in [2.05, 4.69) is 49.7 Å². The van der Waals surface area contributed by atoms with Crippen molar-refractivity contribution in [2.45, 2.75) is 40.7 Å². The van der Waals surface area contributed by atoms with E-state index in [0.717, 1.165) is 32.7 Å². The first-order valence-corrected chi connectivity index (χ1v) is 6.82. The third kappa shape index (κ3) is 8.08. The Morgan fingerprint density at radius 3 is 1.75 bits per heavy atom. The van der Waals surface area contributed by atoms with Gasteiger partial charge < -0.3 is 15.1 Å². The minimum atomic E-state index is 0.599. The van der Waals surface area contributed by atoms with Gasteiger partial charge in [-0.2, -0.15) is 0 Å². The summed E-state index contributed by atoms with van der Waals surface area (Å²) in [6, 6.07) is 0.599. The number of nitrogens with zero attached hydrogens (tertiary/aromatic N) is 2. The second-order valence-electron chi connectivity index (χ2n) is 4.57. The number of nitrogens with one attached hydrogen (secondary N) is 1. The normalized spacial score (nSPS) is 12.0. The van der Waals surface area contributed by atoms with Gasteiger partial charge in [-0.3, -0.25) is 0 Å². The van der Waals surface area contributed by atoms with Gasteiger partial charge >= 0.3 is 0 Å². The van der Waals surface area contributed by atoms with Crippen LogP contribution in [0.4, 0.5) is 0 Å². The first-order chi connectivity index (χ1) is 7.63. The molecule has 98 valence electrons. The van der Waals surface area contributed by atoms with Gasteiger partial charge in [0.25, 0.3) is 0 Å². The summed E-state index contributed by atoms with van der Waals surface area (Å²) in [4.78, 5) is 5.01. The molecule has 0 saturated heterocycles. The molecule has 16 heavy (non-hydrogen) atoms. The molecule has 0 unspecified atom stereocenters. The van der Waals surface area contributed by atoms with Crippen LogP contribution in [-0.2, 0) is 0 Å². The van der Waals surface area contributed by atoms with E-state index in [1.165, 1.54) is 13.1 Å². The number of hydrogen-bond acceptors (Lipinski definition) is 3. The lowest BCUT2D eigenvalue weighted by molar-refractivity contribution is 0.219. The van der Waals surface area contributed by atoms with E-state index in [0.29, 0.717) is 6.04 Å². The first kappa shape index (κ1) is 15.9. The van der Waals surface area contributed by atoms with E-state index < -0.39 is 0 Å². The lowest BCUT2D eigenvalue weighted by Crippen LogP contribution is -2.39. The zero-order valence-corrected chi connectivity index (χ0v) is 11.9. The van der Waals surface area contributed by atoms with Crippen LogP contribution in [0.5, 0.6) is 0 Å². The van der Waals surface area contributed by atoms with E-state index in [4.69, 9.17) is 0 Å². The molecule has 0 saturated carbocycles. The fourth-order valence-electron chi connectivity index (χ4n) is 1.76. The average Bonchev–Trinajstić information content (AvgIpc) is 2.27. The zero-order chi connectivity index (χ0) is 12.4. The summed E-state index contributed by atoms with van der Waals surface area (Å²) in [5, 5.41) is 3.47. The van der Waals surface area contributed by atoms with Crippen molar-refractivity contribution in [2.24, 2.45) is 0 Å². The Labute approximate surface area is 102 Å². The number of likely N-dealkylation sites (N-methyl/N-ethyl adjacent to an activating group) is 2. The van der Waals surface area contributed by atoms with Crippen LogP contribution < -0.4 is 5.32 Å². The summed E-state index contributed by atoms with van der Waals surface area (Å²) in [5.41, 5.74) is 0. The van der Waals surface area contributed by atoms with Gasteiger partial charge in [0.15, 0.2) is 0 Å². The Morgan fingerprint density at radius 1 is 0.812 bits per heavy atom. The topological polar surface area (TPSA) is 18.5 Å². The van der Waals surface area contributed by atoms with Gasteiger partial charge in [0.05, 0.1) is 0 Å². The minimum absolute atomic E-state index is 0.599. The molecule has 0 aliphatic carbocycles. The van der Waals surface area contributed by atoms with Crippen molar-refractivity contribution in [2.75, 3.05) is 45.8 Å². The van der Waals surface area contributed by atoms with Crippen LogP contribution in [0.1, 0.15) is 34.6 Å². The van der Waals surface area contributed by atoms with E-state index in [1.807, 2.05) is 0 Å². The molecule has 0 aromatic carbocycles. The van der Waals surface area contributed by atoms with Crippen LogP contribution in [0.25, 0.3) is 0 Å². The van der Waals surface area contributed by atoms with Crippen LogP contribution in [0.2, 0.25) is 0 Å². The fourth-order valence-corrected chi connectivity index (χ4v) is 1.76. The molecule has 0 rings (SSSR count). The largest absolute Gasteiger partial charge is 0.313 e. The standard InChI is InChI=1S/C13H31N3/c1-6-15(7-2)11-12-16(8-3)10-9-14-13(4)5/h13-14H,6-12H2,1-5H3. The van der Waals surface area contributed by atoms with Gasteiger partial charge in [-0.15, -0.1) is 0 Å². The van der Waals surface area contributed by atoms with Crippen molar-refractivity contribution in [3.8, 4) is 0 Å². The lowest BCUT2D eigenvalue weighted by atomic mass is 10.3. The fraction of sp³-hybridized carbons (Fsp3) is 1.00. The van der Waals surface area contributed by atoms with Crippen LogP contribution in [0.15, 0.2) is 0 Å². The van der Waals surface area contributed by atoms with Gasteiger partial charge in [0.2, 0.25) is 0 Å². The van der Waals surface area contributed by atoms with E-state index in [1.54, 1.807) is 0 Å². The van der Waals surface area contributed by atoms with Crippen molar-refractivity contribution in [1.29, 1.82) is 0 Å². The lowest BCUT2D eigenvalue weighted by Gasteiger charge is -2.25. The molecule has 1 N–H and O–H groups in total. The second-order valence-corrected chi connectivity index (χ2v) is 4.57. The van der Waals surface area contributed by atoms with Crippen LogP contribution in [-0.4, -0.2) is 61.7 Å². The third-order valence-corrected chi connectivity index (χ3v) is 3.05. The van der Waals surface area contributed by atoms with Gasteiger partial charge in [0.1, 0.15) is 0 Å². The molecule has 0 heterocycles. The molecular formula is C13H31N3. The van der Waals surface area contributed by atoms with E-state index >= 15 is 0 Å². The molecule has 3 nitrogen and oxygen atoms in total. The summed E-state index contributed by atoms with van der Waals surface area (Å²) in [6.07, 6.45) is 0. The SMILES string of the molecule is CCN(CC)CCN(CC)CCNC(C)C. The molecule has 0 fully saturated rings. The van der Waals surface area contributed by atoms with Crippen molar-refractivity contribution in [1.82, 2.24) is 15.1 Å². The number of rotatable bonds is 10. The molecule has 0 aromatic rings. The van der Waals surface area contributed by atoms with Gasteiger partial charge in [0, 0.05) is 32.2 Å². The Bertz CT molecular complexity index is 144. The summed E-state index contributed by atoms with van der Waals surface area (Å²) < 4.78 is 0. The molecule has 0 atom stereocenters. The maximum atomic E-state index is 3.47. The van der Waals surface area contributed by atoms with Crippen molar-refractivity contribution in [3.05, 3.63) is 0 Å². The molecule has 0 radical (unpaired) electrons. The molecular weight excluding hydrogens is 198 g/mol. The van der Waals surface area contributed by atoms with Crippen molar-refractivity contribution >= 4 is 0 Å². The van der Waals surface area contributed by atoms with Gasteiger partial charge in [-0.05, 0) is 19.6 Å². The van der Waals surface area contributed by atoms with E-state index in [-0.39, 0.29) is 0 Å². The van der Waals surface area contributed by atoms with Crippen molar-refractivity contribution < 1.29 is 0 Å². The van der Waals surface area contributed by atoms with Crippen LogP contribution in [0.3, 0.4) is 0 Å².